The molecule has 1 N–H and O–H groups in total. The van der Waals surface area contributed by atoms with Gasteiger partial charge in [-0.3, -0.25) is 14.5 Å². The molecule has 0 unspecified atom stereocenters. The summed E-state index contributed by atoms with van der Waals surface area (Å²) in [6.45, 7) is 0.698. The van der Waals surface area contributed by atoms with Crippen molar-refractivity contribution in [3.8, 4) is 0 Å². The number of hydrogen-bond donors (Lipinski definition) is 1. The van der Waals surface area contributed by atoms with Gasteiger partial charge in [0.05, 0.1) is 33.0 Å². The Morgan fingerprint density at radius 2 is 2.00 bits per heavy atom. The van der Waals surface area contributed by atoms with Gasteiger partial charge in [0, 0.05) is 11.6 Å². The third-order valence-electron chi connectivity index (χ3n) is 3.34. The van der Waals surface area contributed by atoms with Crippen LogP contribution >= 0.6 is 11.6 Å². The van der Waals surface area contributed by atoms with E-state index in [2.05, 4.69) is 10.1 Å². The second kappa shape index (κ2) is 9.10. The van der Waals surface area contributed by atoms with Crippen molar-refractivity contribution in [3.05, 3.63) is 59.0 Å². The van der Waals surface area contributed by atoms with E-state index in [0.29, 0.717) is 23.9 Å². The van der Waals surface area contributed by atoms with Gasteiger partial charge in [-0.05, 0) is 23.8 Å². The van der Waals surface area contributed by atoms with Crippen molar-refractivity contribution in [2.45, 2.75) is 13.1 Å². The van der Waals surface area contributed by atoms with Crippen LogP contribution < -0.4 is 5.32 Å². The molecule has 0 aliphatic rings. The molecule has 24 heavy (non-hydrogen) atoms. The third-order valence-corrected chi connectivity index (χ3v) is 3.71. The molecule has 0 aliphatic heterocycles. The van der Waals surface area contributed by atoms with E-state index >= 15 is 0 Å². The number of furan rings is 1. The molecule has 0 atom stereocenters. The highest BCUT2D eigenvalue weighted by Gasteiger charge is 2.16. The lowest BCUT2D eigenvalue weighted by atomic mass is 10.2. The Kier molecular flexibility index (Phi) is 6.84. The standard InChI is InChI=1S/C17H19ClN2O4/c1-23-17(22)12-20(10-13-5-2-3-7-15(13)18)11-16(21)19-9-14-6-4-8-24-14/h2-8H,9-12H2,1H3,(H,19,21). The Morgan fingerprint density at radius 1 is 1.21 bits per heavy atom. The van der Waals surface area contributed by atoms with Gasteiger partial charge in [0.15, 0.2) is 0 Å². The molecule has 2 aromatic rings. The van der Waals surface area contributed by atoms with Gasteiger partial charge in [-0.25, -0.2) is 0 Å². The van der Waals surface area contributed by atoms with E-state index in [4.69, 9.17) is 16.0 Å². The van der Waals surface area contributed by atoms with E-state index in [-0.39, 0.29) is 19.0 Å². The average Bonchev–Trinajstić information content (AvgIpc) is 3.08. The summed E-state index contributed by atoms with van der Waals surface area (Å²) in [5, 5.41) is 3.33. The monoisotopic (exact) mass is 350 g/mol. The Morgan fingerprint density at radius 3 is 2.67 bits per heavy atom. The summed E-state index contributed by atoms with van der Waals surface area (Å²) in [6, 6.07) is 10.8. The number of methoxy groups -OCH3 is 1. The maximum absolute atomic E-state index is 12.1. The molecule has 0 fully saturated rings. The van der Waals surface area contributed by atoms with Gasteiger partial charge < -0.3 is 14.5 Å². The summed E-state index contributed by atoms with van der Waals surface area (Å²) in [4.78, 5) is 25.4. The average molecular weight is 351 g/mol. The zero-order chi connectivity index (χ0) is 17.4. The molecule has 6 nitrogen and oxygen atoms in total. The second-order valence-electron chi connectivity index (χ2n) is 5.17. The van der Waals surface area contributed by atoms with E-state index in [1.807, 2.05) is 18.2 Å². The van der Waals surface area contributed by atoms with Crippen molar-refractivity contribution in [1.29, 1.82) is 0 Å². The number of rotatable bonds is 8. The minimum atomic E-state index is -0.416. The highest BCUT2D eigenvalue weighted by molar-refractivity contribution is 6.31. The second-order valence-corrected chi connectivity index (χ2v) is 5.58. The quantitative estimate of drug-likeness (QED) is 0.739. The number of carbonyl (C=O) groups excluding carboxylic acids is 2. The Hall–Kier alpha value is -2.31. The van der Waals surface area contributed by atoms with Gasteiger partial charge in [0.25, 0.3) is 0 Å². The van der Waals surface area contributed by atoms with Crippen molar-refractivity contribution in [3.63, 3.8) is 0 Å². The van der Waals surface area contributed by atoms with Gasteiger partial charge in [-0.2, -0.15) is 0 Å². The first-order valence-corrected chi connectivity index (χ1v) is 7.78. The first-order valence-electron chi connectivity index (χ1n) is 7.40. The molecule has 0 saturated carbocycles. The van der Waals surface area contributed by atoms with Crippen LogP contribution in [-0.4, -0.2) is 37.0 Å². The number of benzene rings is 1. The van der Waals surface area contributed by atoms with Gasteiger partial charge in [0.1, 0.15) is 5.76 Å². The summed E-state index contributed by atoms with van der Waals surface area (Å²) < 4.78 is 9.85. The number of halogens is 1. The fraction of sp³-hybridized carbons (Fsp3) is 0.294. The van der Waals surface area contributed by atoms with Crippen molar-refractivity contribution in [2.75, 3.05) is 20.2 Å². The van der Waals surface area contributed by atoms with Crippen molar-refractivity contribution in [2.24, 2.45) is 0 Å². The van der Waals surface area contributed by atoms with E-state index in [1.54, 1.807) is 29.4 Å². The Balaban J connectivity index is 1.95. The zero-order valence-corrected chi connectivity index (χ0v) is 14.1. The first-order chi connectivity index (χ1) is 11.6. The Labute approximate surface area is 145 Å². The molecule has 128 valence electrons. The molecule has 1 aromatic heterocycles. The number of nitrogens with zero attached hydrogens (tertiary/aromatic N) is 1. The van der Waals surface area contributed by atoms with Crippen molar-refractivity contribution in [1.82, 2.24) is 10.2 Å². The number of nitrogens with one attached hydrogen (secondary N) is 1. The van der Waals surface area contributed by atoms with E-state index in [9.17, 15) is 9.59 Å². The fourth-order valence-corrected chi connectivity index (χ4v) is 2.34. The molecule has 0 aliphatic carbocycles. The lowest BCUT2D eigenvalue weighted by molar-refractivity contribution is -0.142. The largest absolute Gasteiger partial charge is 0.468 e. The van der Waals surface area contributed by atoms with Gasteiger partial charge in [-0.1, -0.05) is 29.8 Å². The van der Waals surface area contributed by atoms with Crippen LogP contribution in [-0.2, 0) is 27.4 Å². The summed E-state index contributed by atoms with van der Waals surface area (Å²) >= 11 is 6.15. The summed E-state index contributed by atoms with van der Waals surface area (Å²) in [7, 11) is 1.31. The molecule has 0 radical (unpaired) electrons. The van der Waals surface area contributed by atoms with Gasteiger partial charge >= 0.3 is 5.97 Å². The molecule has 0 spiro atoms. The van der Waals surface area contributed by atoms with E-state index in [0.717, 1.165) is 5.56 Å². The zero-order valence-electron chi connectivity index (χ0n) is 13.3. The molecular weight excluding hydrogens is 332 g/mol. The number of esters is 1. The summed E-state index contributed by atoms with van der Waals surface area (Å²) in [5.41, 5.74) is 0.835. The molecule has 7 heteroatoms. The maximum Gasteiger partial charge on any atom is 0.319 e. The molecule has 0 bridgehead atoms. The molecule has 1 heterocycles. The van der Waals surface area contributed by atoms with Crippen LogP contribution in [0.15, 0.2) is 47.1 Å². The van der Waals surface area contributed by atoms with Crippen molar-refractivity contribution < 1.29 is 18.7 Å². The molecule has 1 amide bonds. The highest BCUT2D eigenvalue weighted by atomic mass is 35.5. The van der Waals surface area contributed by atoms with E-state index in [1.165, 1.54) is 7.11 Å². The van der Waals surface area contributed by atoms with Gasteiger partial charge in [0.2, 0.25) is 5.91 Å². The van der Waals surface area contributed by atoms with Crippen LogP contribution in [0.25, 0.3) is 0 Å². The fourth-order valence-electron chi connectivity index (χ4n) is 2.14. The number of hydrogen-bond acceptors (Lipinski definition) is 5. The highest BCUT2D eigenvalue weighted by Crippen LogP contribution is 2.17. The number of carbonyl (C=O) groups is 2. The van der Waals surface area contributed by atoms with E-state index < -0.39 is 5.97 Å². The topological polar surface area (TPSA) is 71.8 Å². The first kappa shape index (κ1) is 18.0. The number of amides is 1. The van der Waals surface area contributed by atoms with Crippen LogP contribution in [0, 0.1) is 0 Å². The van der Waals surface area contributed by atoms with Crippen LogP contribution in [0.3, 0.4) is 0 Å². The van der Waals surface area contributed by atoms with Crippen LogP contribution in [0.4, 0.5) is 0 Å². The van der Waals surface area contributed by atoms with Crippen molar-refractivity contribution >= 4 is 23.5 Å². The molecule has 1 aromatic carbocycles. The van der Waals surface area contributed by atoms with Crippen LogP contribution in [0.1, 0.15) is 11.3 Å². The molecule has 0 saturated heterocycles. The Bertz CT molecular complexity index is 673. The molecule has 2 rings (SSSR count). The minimum Gasteiger partial charge on any atom is -0.468 e. The normalized spacial score (nSPS) is 10.6. The lowest BCUT2D eigenvalue weighted by Gasteiger charge is -2.21. The summed E-state index contributed by atoms with van der Waals surface area (Å²) in [6.07, 6.45) is 1.54. The van der Waals surface area contributed by atoms with Gasteiger partial charge in [-0.15, -0.1) is 0 Å². The SMILES string of the molecule is COC(=O)CN(CC(=O)NCc1ccco1)Cc1ccccc1Cl. The third kappa shape index (κ3) is 5.72. The molecular formula is C17H19ClN2O4. The number of ether oxygens (including phenoxy) is 1. The smallest absolute Gasteiger partial charge is 0.319 e. The maximum atomic E-state index is 12.1. The predicted octanol–water partition coefficient (Wildman–Crippen LogP) is 2.22. The van der Waals surface area contributed by atoms with Crippen LogP contribution in [0.5, 0.6) is 0 Å². The minimum absolute atomic E-state index is 0.00407. The van der Waals surface area contributed by atoms with Crippen LogP contribution in [0.2, 0.25) is 5.02 Å². The predicted molar refractivity (Wildman–Crippen MR) is 89.3 cm³/mol. The summed E-state index contributed by atoms with van der Waals surface area (Å²) in [5.74, 6) is 0.0252. The lowest BCUT2D eigenvalue weighted by Crippen LogP contribution is -2.39.